The summed E-state index contributed by atoms with van der Waals surface area (Å²) in [6, 6.07) is 0.301. The number of carbonyl (C=O) groups is 1. The van der Waals surface area contributed by atoms with E-state index >= 15 is 0 Å². The lowest BCUT2D eigenvalue weighted by atomic mass is 9.49. The molecule has 0 heterocycles. The Morgan fingerprint density at radius 2 is 1.67 bits per heavy atom. The maximum absolute atomic E-state index is 12.9. The Labute approximate surface area is 134 Å². The normalized spacial score (nSPS) is 37.2. The van der Waals surface area contributed by atoms with Crippen LogP contribution < -0.4 is 0 Å². The first-order chi connectivity index (χ1) is 10.0. The number of carbonyl (C=O) groups excluding carboxylic acids is 1. The number of rotatable bonds is 6. The minimum absolute atomic E-state index is 0.301. The maximum atomic E-state index is 12.9. The van der Waals surface area contributed by atoms with Crippen LogP contribution in [0.25, 0.3) is 0 Å². The molecule has 0 N–H and O–H groups in total. The van der Waals surface area contributed by atoms with Crippen LogP contribution in [0.5, 0.6) is 0 Å². The van der Waals surface area contributed by atoms with E-state index in [0.717, 1.165) is 37.1 Å². The minimum atomic E-state index is 0.301. The topological polar surface area (TPSA) is 20.3 Å². The van der Waals surface area contributed by atoms with Gasteiger partial charge in [0.25, 0.3) is 0 Å². The van der Waals surface area contributed by atoms with E-state index in [4.69, 9.17) is 11.6 Å². The van der Waals surface area contributed by atoms with E-state index < -0.39 is 0 Å². The molecule has 0 aliphatic heterocycles. The summed E-state index contributed by atoms with van der Waals surface area (Å²) in [7, 11) is 0. The molecule has 4 bridgehead atoms. The van der Waals surface area contributed by atoms with Crippen molar-refractivity contribution in [2.75, 3.05) is 12.4 Å². The van der Waals surface area contributed by atoms with Gasteiger partial charge in [-0.3, -0.25) is 4.79 Å². The second-order valence-corrected chi connectivity index (χ2v) is 8.70. The highest BCUT2D eigenvalue weighted by Crippen LogP contribution is 2.61. The predicted octanol–water partition coefficient (Wildman–Crippen LogP) is 4.46. The molecular weight excluding hydrogens is 282 g/mol. The zero-order valence-corrected chi connectivity index (χ0v) is 14.4. The second-order valence-electron chi connectivity index (χ2n) is 8.32. The van der Waals surface area contributed by atoms with E-state index in [1.54, 1.807) is 0 Å². The van der Waals surface area contributed by atoms with Gasteiger partial charge in [-0.1, -0.05) is 0 Å². The summed E-state index contributed by atoms with van der Waals surface area (Å²) in [6.07, 6.45) is 10.0. The van der Waals surface area contributed by atoms with E-state index in [-0.39, 0.29) is 0 Å². The average molecular weight is 312 g/mol. The van der Waals surface area contributed by atoms with Crippen LogP contribution in [0.1, 0.15) is 65.2 Å². The van der Waals surface area contributed by atoms with Crippen molar-refractivity contribution in [3.8, 4) is 0 Å². The number of hydrogen-bond donors (Lipinski definition) is 0. The molecule has 0 aromatic rings. The Balaban J connectivity index is 1.66. The van der Waals surface area contributed by atoms with E-state index in [1.165, 1.54) is 38.5 Å². The van der Waals surface area contributed by atoms with Crippen molar-refractivity contribution < 1.29 is 4.79 Å². The zero-order valence-electron chi connectivity index (χ0n) is 13.6. The van der Waals surface area contributed by atoms with Crippen molar-refractivity contribution in [2.45, 2.75) is 71.3 Å². The zero-order chi connectivity index (χ0) is 15.0. The summed E-state index contributed by atoms with van der Waals surface area (Å²) >= 11 is 5.82. The van der Waals surface area contributed by atoms with Gasteiger partial charge in [0.05, 0.1) is 0 Å². The van der Waals surface area contributed by atoms with Gasteiger partial charge in [-0.05, 0) is 82.0 Å². The largest absolute Gasteiger partial charge is 0.340 e. The van der Waals surface area contributed by atoms with Crippen LogP contribution >= 0.6 is 11.6 Å². The highest BCUT2D eigenvalue weighted by molar-refractivity contribution is 6.17. The van der Waals surface area contributed by atoms with Gasteiger partial charge in [-0.2, -0.15) is 0 Å². The third kappa shape index (κ3) is 3.25. The Kier molecular flexibility index (Phi) is 4.55. The van der Waals surface area contributed by atoms with E-state index in [2.05, 4.69) is 18.7 Å². The van der Waals surface area contributed by atoms with Crippen molar-refractivity contribution in [1.29, 1.82) is 0 Å². The van der Waals surface area contributed by atoms with Crippen LogP contribution in [0.3, 0.4) is 0 Å². The van der Waals surface area contributed by atoms with Crippen molar-refractivity contribution in [1.82, 2.24) is 4.90 Å². The number of amides is 1. The number of halogens is 1. The lowest BCUT2D eigenvalue weighted by Gasteiger charge is -2.57. The predicted molar refractivity (Wildman–Crippen MR) is 87.4 cm³/mol. The molecule has 4 aliphatic carbocycles. The lowest BCUT2D eigenvalue weighted by Crippen LogP contribution is -2.49. The van der Waals surface area contributed by atoms with Crippen LogP contribution in [0, 0.1) is 23.2 Å². The van der Waals surface area contributed by atoms with Gasteiger partial charge in [-0.15, -0.1) is 11.6 Å². The fourth-order valence-electron chi connectivity index (χ4n) is 5.83. The van der Waals surface area contributed by atoms with Crippen LogP contribution in [-0.2, 0) is 4.79 Å². The van der Waals surface area contributed by atoms with Gasteiger partial charge < -0.3 is 4.90 Å². The summed E-state index contributed by atoms with van der Waals surface area (Å²) < 4.78 is 0. The van der Waals surface area contributed by atoms with E-state index in [9.17, 15) is 4.79 Å². The van der Waals surface area contributed by atoms with Crippen molar-refractivity contribution in [3.63, 3.8) is 0 Å². The maximum Gasteiger partial charge on any atom is 0.223 e. The van der Waals surface area contributed by atoms with Gasteiger partial charge in [0.15, 0.2) is 0 Å². The van der Waals surface area contributed by atoms with Gasteiger partial charge in [-0.25, -0.2) is 0 Å². The smallest absolute Gasteiger partial charge is 0.223 e. The summed E-state index contributed by atoms with van der Waals surface area (Å²) in [4.78, 5) is 14.9. The molecule has 4 aliphatic rings. The molecule has 120 valence electrons. The first-order valence-corrected chi connectivity index (χ1v) is 9.40. The van der Waals surface area contributed by atoms with E-state index in [0.29, 0.717) is 23.2 Å². The third-order valence-corrected chi connectivity index (χ3v) is 6.43. The fourth-order valence-corrected chi connectivity index (χ4v) is 5.95. The molecule has 0 radical (unpaired) electrons. The number of nitrogens with zero attached hydrogens (tertiary/aromatic N) is 1. The summed E-state index contributed by atoms with van der Waals surface area (Å²) in [5.41, 5.74) is 0.361. The Morgan fingerprint density at radius 3 is 2.10 bits per heavy atom. The SMILES string of the molecule is CC(C)N(CCCCl)C(=O)CC12CC3CC(CC(C3)C1)C2. The second kappa shape index (κ2) is 6.10. The molecular formula is C18H30ClNO. The van der Waals surface area contributed by atoms with Gasteiger partial charge >= 0.3 is 0 Å². The highest BCUT2D eigenvalue weighted by atomic mass is 35.5. The molecule has 21 heavy (non-hydrogen) atoms. The summed E-state index contributed by atoms with van der Waals surface area (Å²) in [5.74, 6) is 3.82. The van der Waals surface area contributed by atoms with Crippen LogP contribution in [-0.4, -0.2) is 29.3 Å². The monoisotopic (exact) mass is 311 g/mol. The Hall–Kier alpha value is -0.240. The fraction of sp³-hybridized carbons (Fsp3) is 0.944. The molecule has 0 aromatic heterocycles. The summed E-state index contributed by atoms with van der Waals surface area (Å²) in [5, 5.41) is 0. The van der Waals surface area contributed by atoms with Crippen LogP contribution in [0.15, 0.2) is 0 Å². The average Bonchev–Trinajstić information content (AvgIpc) is 2.36. The third-order valence-electron chi connectivity index (χ3n) is 6.17. The molecule has 4 fully saturated rings. The van der Waals surface area contributed by atoms with Crippen LogP contribution in [0.2, 0.25) is 0 Å². The summed E-state index contributed by atoms with van der Waals surface area (Å²) in [6.45, 7) is 5.09. The first kappa shape index (κ1) is 15.6. The molecule has 4 saturated carbocycles. The number of hydrogen-bond acceptors (Lipinski definition) is 1. The molecule has 0 saturated heterocycles. The van der Waals surface area contributed by atoms with E-state index in [1.807, 2.05) is 0 Å². The van der Waals surface area contributed by atoms with Gasteiger partial charge in [0.2, 0.25) is 5.91 Å². The number of alkyl halides is 1. The molecule has 0 aromatic carbocycles. The van der Waals surface area contributed by atoms with Crippen molar-refractivity contribution in [3.05, 3.63) is 0 Å². The van der Waals surface area contributed by atoms with Gasteiger partial charge in [0.1, 0.15) is 0 Å². The molecule has 1 amide bonds. The Bertz CT molecular complexity index is 357. The first-order valence-electron chi connectivity index (χ1n) is 8.87. The van der Waals surface area contributed by atoms with Crippen molar-refractivity contribution in [2.24, 2.45) is 23.2 Å². The standard InChI is InChI=1S/C18H30ClNO/c1-13(2)20(5-3-4-19)17(21)12-18-9-14-6-15(10-18)8-16(7-14)11-18/h13-16H,3-12H2,1-2H3. The molecule has 2 nitrogen and oxygen atoms in total. The molecule has 0 atom stereocenters. The van der Waals surface area contributed by atoms with Gasteiger partial charge in [0, 0.05) is 24.9 Å². The minimum Gasteiger partial charge on any atom is -0.340 e. The van der Waals surface area contributed by atoms with Crippen LogP contribution in [0.4, 0.5) is 0 Å². The molecule has 4 rings (SSSR count). The molecule has 0 unspecified atom stereocenters. The van der Waals surface area contributed by atoms with Crippen molar-refractivity contribution >= 4 is 17.5 Å². The molecule has 0 spiro atoms. The highest BCUT2D eigenvalue weighted by Gasteiger charge is 2.51. The molecule has 3 heteroatoms. The lowest BCUT2D eigenvalue weighted by molar-refractivity contribution is -0.141. The quantitative estimate of drug-likeness (QED) is 0.663. The Morgan fingerprint density at radius 1 is 1.14 bits per heavy atom.